The number of ether oxygens (including phenoxy) is 1. The highest BCUT2D eigenvalue weighted by atomic mass is 35.5. The van der Waals surface area contributed by atoms with Crippen LogP contribution in [0.1, 0.15) is 24.2 Å². The molecule has 110 valence electrons. The molecule has 0 N–H and O–H groups in total. The number of fused-ring (bicyclic) bond motifs is 1. The molecule has 0 aliphatic rings. The zero-order chi connectivity index (χ0) is 15.7. The number of aromatic nitrogens is 4. The molecule has 0 bridgehead atoms. The zero-order valence-electron chi connectivity index (χ0n) is 12.0. The normalized spacial score (nSPS) is 12.1. The topological polar surface area (TPSA) is 76.6 Å². The van der Waals surface area contributed by atoms with Crippen LogP contribution >= 0.6 is 11.6 Å². The van der Waals surface area contributed by atoms with Crippen LogP contribution in [0.5, 0.6) is 5.88 Å². The van der Waals surface area contributed by atoms with Crippen molar-refractivity contribution in [3.05, 3.63) is 46.6 Å². The van der Waals surface area contributed by atoms with Crippen LogP contribution in [-0.2, 0) is 7.05 Å². The third kappa shape index (κ3) is 2.59. The number of aryl methyl sites for hydroxylation is 1. The lowest BCUT2D eigenvalue weighted by atomic mass is 10.1. The summed E-state index contributed by atoms with van der Waals surface area (Å²) in [4.78, 5) is 0. The number of nitrogens with zero attached hydrogens (tertiary/aromatic N) is 5. The molecule has 1 aromatic carbocycles. The molecule has 0 radical (unpaired) electrons. The van der Waals surface area contributed by atoms with Gasteiger partial charge in [0.2, 0.25) is 5.88 Å². The van der Waals surface area contributed by atoms with Gasteiger partial charge in [-0.15, -0.1) is 15.3 Å². The van der Waals surface area contributed by atoms with Gasteiger partial charge < -0.3 is 4.74 Å². The molecule has 1 unspecified atom stereocenters. The number of hydrogen-bond donors (Lipinski definition) is 0. The molecule has 0 spiro atoms. The van der Waals surface area contributed by atoms with E-state index < -0.39 is 0 Å². The molecule has 22 heavy (non-hydrogen) atoms. The molecule has 7 heteroatoms. The molecular weight excluding hydrogens is 302 g/mol. The standard InChI is InChI=1S/C15H12ClN5O/c1-9(11-5-3-4-10(6-11)8-17)22-15-12-7-13(16)18-19-14(12)21(2)20-15/h3-7,9H,1-2H3. The van der Waals surface area contributed by atoms with Crippen molar-refractivity contribution >= 4 is 22.6 Å². The Bertz CT molecular complexity index is 883. The van der Waals surface area contributed by atoms with Crippen LogP contribution in [0.25, 0.3) is 11.0 Å². The number of hydrogen-bond acceptors (Lipinski definition) is 5. The highest BCUT2D eigenvalue weighted by molar-refractivity contribution is 6.29. The van der Waals surface area contributed by atoms with Gasteiger partial charge in [-0.25, -0.2) is 4.68 Å². The maximum atomic E-state index is 8.97. The van der Waals surface area contributed by atoms with Crippen LogP contribution in [0.4, 0.5) is 0 Å². The number of halogens is 1. The van der Waals surface area contributed by atoms with Gasteiger partial charge in [-0.1, -0.05) is 23.7 Å². The van der Waals surface area contributed by atoms with Gasteiger partial charge in [0, 0.05) is 7.05 Å². The molecule has 2 heterocycles. The van der Waals surface area contributed by atoms with Crippen LogP contribution in [0.2, 0.25) is 5.15 Å². The van der Waals surface area contributed by atoms with E-state index in [0.717, 1.165) is 5.56 Å². The molecule has 3 aromatic rings. The Morgan fingerprint density at radius 3 is 2.91 bits per heavy atom. The Balaban J connectivity index is 1.95. The summed E-state index contributed by atoms with van der Waals surface area (Å²) in [5, 5.41) is 22.1. The fraction of sp³-hybridized carbons (Fsp3) is 0.200. The summed E-state index contributed by atoms with van der Waals surface area (Å²) in [6, 6.07) is 11.1. The van der Waals surface area contributed by atoms with Crippen molar-refractivity contribution in [2.45, 2.75) is 13.0 Å². The van der Waals surface area contributed by atoms with Crippen molar-refractivity contribution in [2.24, 2.45) is 7.05 Å². The van der Waals surface area contributed by atoms with Crippen molar-refractivity contribution in [1.29, 1.82) is 5.26 Å². The second kappa shape index (κ2) is 5.62. The van der Waals surface area contributed by atoms with Gasteiger partial charge in [-0.05, 0) is 30.7 Å². The summed E-state index contributed by atoms with van der Waals surface area (Å²) in [6.45, 7) is 1.90. The van der Waals surface area contributed by atoms with Crippen molar-refractivity contribution in [2.75, 3.05) is 0 Å². The summed E-state index contributed by atoms with van der Waals surface area (Å²) in [7, 11) is 1.76. The summed E-state index contributed by atoms with van der Waals surface area (Å²) in [6.07, 6.45) is -0.265. The highest BCUT2D eigenvalue weighted by Crippen LogP contribution is 2.28. The smallest absolute Gasteiger partial charge is 0.243 e. The van der Waals surface area contributed by atoms with Crippen LogP contribution in [-0.4, -0.2) is 20.0 Å². The molecule has 0 aliphatic heterocycles. The molecule has 0 amide bonds. The lowest BCUT2D eigenvalue weighted by molar-refractivity contribution is 0.218. The second-order valence-electron chi connectivity index (χ2n) is 4.83. The van der Waals surface area contributed by atoms with Gasteiger partial charge in [0.05, 0.1) is 17.0 Å². The number of benzene rings is 1. The van der Waals surface area contributed by atoms with E-state index >= 15 is 0 Å². The largest absolute Gasteiger partial charge is 0.468 e. The Kier molecular flexibility index (Phi) is 3.65. The molecule has 0 aliphatic carbocycles. The van der Waals surface area contributed by atoms with E-state index in [1.165, 1.54) is 0 Å². The minimum atomic E-state index is -0.265. The molecular formula is C15H12ClN5O. The van der Waals surface area contributed by atoms with Crippen LogP contribution in [0.15, 0.2) is 30.3 Å². The fourth-order valence-electron chi connectivity index (χ4n) is 2.18. The first-order valence-corrected chi connectivity index (χ1v) is 6.99. The van der Waals surface area contributed by atoms with Gasteiger partial charge in [0.15, 0.2) is 10.8 Å². The Hall–Kier alpha value is -2.65. The SMILES string of the molecule is CC(Oc1nn(C)c2nnc(Cl)cc12)c1cccc(C#N)c1. The maximum Gasteiger partial charge on any atom is 0.243 e. The Labute approximate surface area is 131 Å². The van der Waals surface area contributed by atoms with E-state index in [2.05, 4.69) is 21.4 Å². The molecule has 0 fully saturated rings. The van der Waals surface area contributed by atoms with Crippen molar-refractivity contribution < 1.29 is 4.74 Å². The molecule has 1 atom stereocenters. The third-order valence-corrected chi connectivity index (χ3v) is 3.48. The van der Waals surface area contributed by atoms with E-state index in [4.69, 9.17) is 21.6 Å². The summed E-state index contributed by atoms with van der Waals surface area (Å²) < 4.78 is 7.51. The molecule has 0 saturated heterocycles. The predicted octanol–water partition coefficient (Wildman–Crippen LogP) is 3.03. The van der Waals surface area contributed by atoms with Crippen molar-refractivity contribution in [1.82, 2.24) is 20.0 Å². The molecule has 2 aromatic heterocycles. The van der Waals surface area contributed by atoms with Crippen LogP contribution in [0.3, 0.4) is 0 Å². The quantitative estimate of drug-likeness (QED) is 0.742. The van der Waals surface area contributed by atoms with Gasteiger partial charge in [0.1, 0.15) is 6.10 Å². The second-order valence-corrected chi connectivity index (χ2v) is 5.22. The van der Waals surface area contributed by atoms with E-state index in [1.54, 1.807) is 29.9 Å². The first-order chi connectivity index (χ1) is 10.6. The summed E-state index contributed by atoms with van der Waals surface area (Å²) >= 11 is 5.89. The van der Waals surface area contributed by atoms with Crippen molar-refractivity contribution in [3.63, 3.8) is 0 Å². The van der Waals surface area contributed by atoms with E-state index in [1.807, 2.05) is 19.1 Å². The first kappa shape index (κ1) is 14.3. The van der Waals surface area contributed by atoms with Crippen molar-refractivity contribution in [3.8, 4) is 11.9 Å². The number of nitriles is 1. The van der Waals surface area contributed by atoms with Crippen LogP contribution in [0, 0.1) is 11.3 Å². The summed E-state index contributed by atoms with van der Waals surface area (Å²) in [5.74, 6) is 0.434. The Morgan fingerprint density at radius 1 is 1.32 bits per heavy atom. The minimum Gasteiger partial charge on any atom is -0.468 e. The predicted molar refractivity (Wildman–Crippen MR) is 81.5 cm³/mol. The van der Waals surface area contributed by atoms with E-state index in [-0.39, 0.29) is 11.3 Å². The van der Waals surface area contributed by atoms with Crippen LogP contribution < -0.4 is 4.74 Å². The molecule has 6 nitrogen and oxygen atoms in total. The third-order valence-electron chi connectivity index (χ3n) is 3.30. The summed E-state index contributed by atoms with van der Waals surface area (Å²) in [5.41, 5.74) is 2.08. The minimum absolute atomic E-state index is 0.265. The van der Waals surface area contributed by atoms with Gasteiger partial charge in [-0.3, -0.25) is 0 Å². The lowest BCUT2D eigenvalue weighted by Crippen LogP contribution is -2.04. The maximum absolute atomic E-state index is 8.97. The average molecular weight is 314 g/mol. The first-order valence-electron chi connectivity index (χ1n) is 6.61. The average Bonchev–Trinajstić information content (AvgIpc) is 2.83. The van der Waals surface area contributed by atoms with Gasteiger partial charge in [0.25, 0.3) is 0 Å². The lowest BCUT2D eigenvalue weighted by Gasteiger charge is -2.13. The van der Waals surface area contributed by atoms with Gasteiger partial charge >= 0.3 is 0 Å². The van der Waals surface area contributed by atoms with Gasteiger partial charge in [-0.2, -0.15) is 5.26 Å². The monoisotopic (exact) mass is 313 g/mol. The molecule has 0 saturated carbocycles. The Morgan fingerprint density at radius 2 is 2.14 bits per heavy atom. The highest BCUT2D eigenvalue weighted by Gasteiger charge is 2.16. The fourth-order valence-corrected chi connectivity index (χ4v) is 2.33. The van der Waals surface area contributed by atoms with E-state index in [0.29, 0.717) is 22.5 Å². The zero-order valence-corrected chi connectivity index (χ0v) is 12.7. The van der Waals surface area contributed by atoms with E-state index in [9.17, 15) is 0 Å². The molecule has 3 rings (SSSR count). The number of rotatable bonds is 3.